The third kappa shape index (κ3) is 2.68. The Morgan fingerprint density at radius 3 is 2.68 bits per heavy atom. The molecule has 0 saturated heterocycles. The van der Waals surface area contributed by atoms with Crippen molar-refractivity contribution >= 4 is 0 Å². The average Bonchev–Trinajstić information content (AvgIpc) is 2.69. The topological polar surface area (TPSA) is 50.8 Å². The van der Waals surface area contributed by atoms with Crippen LogP contribution in [-0.2, 0) is 7.05 Å². The molecule has 1 aromatic heterocycles. The maximum atomic E-state index is 13.7. The molecule has 19 heavy (non-hydrogen) atoms. The van der Waals surface area contributed by atoms with Gasteiger partial charge in [0.2, 0.25) is 5.88 Å². The van der Waals surface area contributed by atoms with E-state index >= 15 is 0 Å². The summed E-state index contributed by atoms with van der Waals surface area (Å²) in [6.07, 6.45) is 0. The van der Waals surface area contributed by atoms with Crippen LogP contribution in [0.3, 0.4) is 0 Å². The number of hydrogen-bond acceptors (Lipinski definition) is 3. The van der Waals surface area contributed by atoms with Crippen LogP contribution in [0.1, 0.15) is 5.56 Å². The van der Waals surface area contributed by atoms with E-state index in [0.29, 0.717) is 0 Å². The quantitative estimate of drug-likeness (QED) is 0.859. The first-order valence-corrected chi connectivity index (χ1v) is 5.20. The molecule has 0 aliphatic carbocycles. The highest BCUT2D eigenvalue weighted by Crippen LogP contribution is 2.26. The third-order valence-corrected chi connectivity index (χ3v) is 2.42. The zero-order chi connectivity index (χ0) is 14.0. The molecule has 2 rings (SSSR count). The normalized spacial score (nSPS) is 10.5. The van der Waals surface area contributed by atoms with E-state index in [1.54, 1.807) is 6.07 Å². The van der Waals surface area contributed by atoms with Crippen LogP contribution < -0.4 is 4.74 Å². The van der Waals surface area contributed by atoms with Crippen LogP contribution in [0.2, 0.25) is 0 Å². The summed E-state index contributed by atoms with van der Waals surface area (Å²) in [7, 11) is 1.41. The molecule has 7 heteroatoms. The number of ether oxygens (including phenoxy) is 1. The first-order valence-electron chi connectivity index (χ1n) is 5.20. The van der Waals surface area contributed by atoms with Gasteiger partial charge >= 0.3 is 6.61 Å². The monoisotopic (exact) mass is 267 g/mol. The molecule has 0 N–H and O–H groups in total. The first kappa shape index (κ1) is 13.0. The van der Waals surface area contributed by atoms with Crippen LogP contribution in [0.15, 0.2) is 24.3 Å². The molecule has 0 aliphatic rings. The standard InChI is InChI=1S/C12H8F3N3O/c1-18-11(19-12(14)15)5-10(17-18)8-3-2-7(6-16)4-9(8)13/h2-5,12H,1H3. The number of aromatic nitrogens is 2. The van der Waals surface area contributed by atoms with E-state index in [0.717, 1.165) is 10.7 Å². The molecule has 2 aromatic rings. The maximum Gasteiger partial charge on any atom is 0.388 e. The predicted octanol–water partition coefficient (Wildman–Crippen LogP) is 2.70. The lowest BCUT2D eigenvalue weighted by Crippen LogP contribution is -2.05. The summed E-state index contributed by atoms with van der Waals surface area (Å²) in [6.45, 7) is -2.98. The third-order valence-electron chi connectivity index (χ3n) is 2.42. The molecule has 98 valence electrons. The molecule has 0 atom stereocenters. The number of aryl methyl sites for hydroxylation is 1. The average molecular weight is 267 g/mol. The Labute approximate surface area is 106 Å². The van der Waals surface area contributed by atoms with Gasteiger partial charge in [-0.1, -0.05) is 0 Å². The summed E-state index contributed by atoms with van der Waals surface area (Å²) in [5, 5.41) is 12.5. The number of hydrogen-bond donors (Lipinski definition) is 0. The minimum Gasteiger partial charge on any atom is -0.417 e. The van der Waals surface area contributed by atoms with Gasteiger partial charge in [-0.2, -0.15) is 19.1 Å². The smallest absolute Gasteiger partial charge is 0.388 e. The fourth-order valence-corrected chi connectivity index (χ4v) is 1.58. The number of alkyl halides is 2. The second-order valence-corrected chi connectivity index (χ2v) is 3.68. The van der Waals surface area contributed by atoms with E-state index in [4.69, 9.17) is 5.26 Å². The van der Waals surface area contributed by atoms with E-state index in [9.17, 15) is 13.2 Å². The Balaban J connectivity index is 2.40. The minimum absolute atomic E-state index is 0.110. The summed E-state index contributed by atoms with van der Waals surface area (Å²) in [5.74, 6) is -0.825. The lowest BCUT2D eigenvalue weighted by Gasteiger charge is -2.01. The maximum absolute atomic E-state index is 13.7. The molecule has 4 nitrogen and oxygen atoms in total. The zero-order valence-electron chi connectivity index (χ0n) is 9.77. The van der Waals surface area contributed by atoms with Crippen molar-refractivity contribution < 1.29 is 17.9 Å². The van der Waals surface area contributed by atoms with E-state index in [-0.39, 0.29) is 22.7 Å². The van der Waals surface area contributed by atoms with Crippen molar-refractivity contribution in [3.63, 3.8) is 0 Å². The predicted molar refractivity (Wildman–Crippen MR) is 59.9 cm³/mol. The van der Waals surface area contributed by atoms with Crippen molar-refractivity contribution in [2.75, 3.05) is 0 Å². The summed E-state index contributed by atoms with van der Waals surface area (Å²) in [4.78, 5) is 0. The molecule has 0 bridgehead atoms. The van der Waals surface area contributed by atoms with Crippen LogP contribution in [0.4, 0.5) is 13.2 Å². The highest BCUT2D eigenvalue weighted by atomic mass is 19.3. The van der Waals surface area contributed by atoms with E-state index in [2.05, 4.69) is 9.84 Å². The van der Waals surface area contributed by atoms with Crippen molar-refractivity contribution in [3.05, 3.63) is 35.6 Å². The highest BCUT2D eigenvalue weighted by molar-refractivity contribution is 5.62. The van der Waals surface area contributed by atoms with Crippen molar-refractivity contribution in [3.8, 4) is 23.2 Å². The largest absolute Gasteiger partial charge is 0.417 e. The molecule has 0 fully saturated rings. The Morgan fingerprint density at radius 2 is 2.11 bits per heavy atom. The number of nitriles is 1. The van der Waals surface area contributed by atoms with Crippen LogP contribution in [0, 0.1) is 17.1 Å². The number of rotatable bonds is 3. The van der Waals surface area contributed by atoms with Crippen molar-refractivity contribution in [2.45, 2.75) is 6.61 Å². The number of halogens is 3. The van der Waals surface area contributed by atoms with Crippen molar-refractivity contribution in [2.24, 2.45) is 7.05 Å². The summed E-state index contributed by atoms with van der Waals surface area (Å²) < 4.78 is 43.3. The molecule has 0 saturated carbocycles. The Hall–Kier alpha value is -2.49. The van der Waals surface area contributed by atoms with Gasteiger partial charge in [-0.3, -0.25) is 0 Å². The van der Waals surface area contributed by atoms with Crippen LogP contribution in [-0.4, -0.2) is 16.4 Å². The van der Waals surface area contributed by atoms with Crippen molar-refractivity contribution in [1.82, 2.24) is 9.78 Å². The first-order chi connectivity index (χ1) is 9.01. The molecule has 0 radical (unpaired) electrons. The van der Waals surface area contributed by atoms with Gasteiger partial charge in [0, 0.05) is 18.7 Å². The van der Waals surface area contributed by atoms with E-state index < -0.39 is 12.4 Å². The fraction of sp³-hybridized carbons (Fsp3) is 0.167. The van der Waals surface area contributed by atoms with Gasteiger partial charge in [0.15, 0.2) is 0 Å². The van der Waals surface area contributed by atoms with Crippen LogP contribution in [0.25, 0.3) is 11.3 Å². The van der Waals surface area contributed by atoms with Gasteiger partial charge in [0.05, 0.1) is 17.3 Å². The van der Waals surface area contributed by atoms with Gasteiger partial charge in [0.1, 0.15) is 5.82 Å². The summed E-state index contributed by atoms with van der Waals surface area (Å²) in [6, 6.07) is 6.84. The molecule has 1 aromatic carbocycles. The minimum atomic E-state index is -2.98. The second-order valence-electron chi connectivity index (χ2n) is 3.68. The molecule has 0 aliphatic heterocycles. The second kappa shape index (κ2) is 5.02. The van der Waals surface area contributed by atoms with E-state index in [1.807, 2.05) is 0 Å². The van der Waals surface area contributed by atoms with Crippen molar-refractivity contribution in [1.29, 1.82) is 5.26 Å². The van der Waals surface area contributed by atoms with Gasteiger partial charge in [0.25, 0.3) is 0 Å². The van der Waals surface area contributed by atoms with Gasteiger partial charge in [-0.05, 0) is 18.2 Å². The van der Waals surface area contributed by atoms with Gasteiger partial charge < -0.3 is 4.74 Å². The lowest BCUT2D eigenvalue weighted by molar-refractivity contribution is -0.0553. The molecule has 0 unspecified atom stereocenters. The van der Waals surface area contributed by atoms with E-state index in [1.165, 1.54) is 25.2 Å². The summed E-state index contributed by atoms with van der Waals surface area (Å²) >= 11 is 0. The number of nitrogens with zero attached hydrogens (tertiary/aromatic N) is 3. The molecular formula is C12H8F3N3O. The Morgan fingerprint density at radius 1 is 1.37 bits per heavy atom. The molecule has 1 heterocycles. The molecular weight excluding hydrogens is 259 g/mol. The lowest BCUT2D eigenvalue weighted by atomic mass is 10.1. The Kier molecular flexibility index (Phi) is 3.42. The van der Waals surface area contributed by atoms with Crippen LogP contribution >= 0.6 is 0 Å². The highest BCUT2D eigenvalue weighted by Gasteiger charge is 2.15. The Bertz CT molecular complexity index is 646. The van der Waals surface area contributed by atoms with Gasteiger partial charge in [-0.25, -0.2) is 9.07 Å². The molecule has 0 spiro atoms. The zero-order valence-corrected chi connectivity index (χ0v) is 9.77. The summed E-state index contributed by atoms with van der Waals surface area (Å²) in [5.41, 5.74) is 0.431. The SMILES string of the molecule is Cn1nc(-c2ccc(C#N)cc2F)cc1OC(F)F. The number of benzene rings is 1. The van der Waals surface area contributed by atoms with Crippen LogP contribution in [0.5, 0.6) is 5.88 Å². The molecule has 0 amide bonds. The fourth-order valence-electron chi connectivity index (χ4n) is 1.58. The van der Waals surface area contributed by atoms with Gasteiger partial charge in [-0.15, -0.1) is 0 Å².